The third kappa shape index (κ3) is 3.15. The molecule has 1 fully saturated rings. The lowest BCUT2D eigenvalue weighted by Crippen LogP contribution is -2.15. The molecule has 0 atom stereocenters. The van der Waals surface area contributed by atoms with Crippen molar-refractivity contribution in [1.29, 1.82) is 0 Å². The minimum atomic E-state index is -1.13. The second-order valence-electron chi connectivity index (χ2n) is 4.80. The van der Waals surface area contributed by atoms with E-state index in [0.717, 1.165) is 0 Å². The second-order valence-corrected chi connectivity index (χ2v) is 4.80. The molecule has 1 saturated carbocycles. The Balaban J connectivity index is 1.93. The Labute approximate surface area is 106 Å². The molecule has 98 valence electrons. The zero-order chi connectivity index (χ0) is 13.0. The van der Waals surface area contributed by atoms with E-state index in [9.17, 15) is 9.90 Å². The van der Waals surface area contributed by atoms with Crippen LogP contribution in [0.3, 0.4) is 0 Å². The second kappa shape index (κ2) is 5.76. The minimum absolute atomic E-state index is 0.0972. The third-order valence-electron chi connectivity index (χ3n) is 3.41. The van der Waals surface area contributed by atoms with E-state index >= 15 is 0 Å². The molecule has 0 aromatic heterocycles. The van der Waals surface area contributed by atoms with Crippen LogP contribution in [0.15, 0.2) is 18.2 Å². The number of carboxylic acid groups (broad SMARTS) is 1. The van der Waals surface area contributed by atoms with Crippen LogP contribution in [0.4, 0.5) is 0 Å². The predicted octanol–water partition coefficient (Wildman–Crippen LogP) is 3.05. The highest BCUT2D eigenvalue weighted by Gasteiger charge is 2.15. The van der Waals surface area contributed by atoms with Gasteiger partial charge in [-0.15, -0.1) is 0 Å². The first-order valence-electron chi connectivity index (χ1n) is 6.36. The van der Waals surface area contributed by atoms with Crippen molar-refractivity contribution in [3.63, 3.8) is 0 Å². The van der Waals surface area contributed by atoms with Gasteiger partial charge in [0.15, 0.2) is 0 Å². The molecule has 1 aliphatic carbocycles. The summed E-state index contributed by atoms with van der Waals surface area (Å²) in [7, 11) is 0. The maximum Gasteiger partial charge on any atom is 0.339 e. The van der Waals surface area contributed by atoms with Gasteiger partial charge in [-0.3, -0.25) is 0 Å². The van der Waals surface area contributed by atoms with Crippen LogP contribution in [0, 0.1) is 5.92 Å². The van der Waals surface area contributed by atoms with Crippen molar-refractivity contribution >= 4 is 5.97 Å². The van der Waals surface area contributed by atoms with E-state index in [-0.39, 0.29) is 11.3 Å². The molecule has 4 heteroatoms. The Morgan fingerprint density at radius 3 is 2.61 bits per heavy atom. The topological polar surface area (TPSA) is 66.8 Å². The molecule has 0 unspecified atom stereocenters. The number of aromatic hydroxyl groups is 1. The molecular weight excluding hydrogens is 232 g/mol. The summed E-state index contributed by atoms with van der Waals surface area (Å²) in [6.45, 7) is 0.645. The first-order valence-corrected chi connectivity index (χ1v) is 6.36. The lowest BCUT2D eigenvalue weighted by molar-refractivity contribution is 0.0693. The molecule has 0 amide bonds. The van der Waals surface area contributed by atoms with Gasteiger partial charge in [-0.25, -0.2) is 4.79 Å². The summed E-state index contributed by atoms with van der Waals surface area (Å²) < 4.78 is 5.61. The number of aromatic carboxylic acids is 1. The van der Waals surface area contributed by atoms with Crippen LogP contribution in [0.1, 0.15) is 42.5 Å². The third-order valence-corrected chi connectivity index (χ3v) is 3.41. The molecule has 0 spiro atoms. The molecule has 0 radical (unpaired) electrons. The quantitative estimate of drug-likeness (QED) is 0.861. The Hall–Kier alpha value is -1.71. The first kappa shape index (κ1) is 12.7. The van der Waals surface area contributed by atoms with E-state index in [1.165, 1.54) is 44.2 Å². The number of carboxylic acids is 1. The Morgan fingerprint density at radius 1 is 1.28 bits per heavy atom. The fourth-order valence-corrected chi connectivity index (χ4v) is 2.35. The molecule has 0 aliphatic heterocycles. The van der Waals surface area contributed by atoms with Gasteiger partial charge in [-0.1, -0.05) is 19.3 Å². The van der Waals surface area contributed by atoms with Crippen molar-refractivity contribution < 1.29 is 19.7 Å². The smallest absolute Gasteiger partial charge is 0.339 e. The Bertz CT molecular complexity index is 422. The SMILES string of the molecule is O=C(O)c1ccc(OCC2CCCCC2)cc1O. The highest BCUT2D eigenvalue weighted by atomic mass is 16.5. The monoisotopic (exact) mass is 250 g/mol. The van der Waals surface area contributed by atoms with E-state index in [2.05, 4.69) is 0 Å². The lowest BCUT2D eigenvalue weighted by atomic mass is 9.90. The van der Waals surface area contributed by atoms with Gasteiger partial charge >= 0.3 is 5.97 Å². The molecule has 1 aromatic rings. The summed E-state index contributed by atoms with van der Waals surface area (Å²) in [5, 5.41) is 18.3. The average Bonchev–Trinajstić information content (AvgIpc) is 2.37. The van der Waals surface area contributed by atoms with Gasteiger partial charge in [-0.05, 0) is 30.9 Å². The van der Waals surface area contributed by atoms with E-state index in [4.69, 9.17) is 9.84 Å². The van der Waals surface area contributed by atoms with Crippen LogP contribution in [0.2, 0.25) is 0 Å². The van der Waals surface area contributed by atoms with Crippen LogP contribution in [-0.4, -0.2) is 22.8 Å². The molecule has 0 bridgehead atoms. The molecule has 4 nitrogen and oxygen atoms in total. The van der Waals surface area contributed by atoms with Crippen LogP contribution in [-0.2, 0) is 0 Å². The Morgan fingerprint density at radius 2 is 2.00 bits per heavy atom. The largest absolute Gasteiger partial charge is 0.507 e. The number of hydrogen-bond donors (Lipinski definition) is 2. The molecule has 1 aromatic carbocycles. The van der Waals surface area contributed by atoms with Gasteiger partial charge in [0.1, 0.15) is 17.1 Å². The van der Waals surface area contributed by atoms with Crippen LogP contribution in [0.5, 0.6) is 11.5 Å². The normalized spacial score (nSPS) is 16.4. The number of ether oxygens (including phenoxy) is 1. The lowest BCUT2D eigenvalue weighted by Gasteiger charge is -2.21. The van der Waals surface area contributed by atoms with Gasteiger partial charge in [0.05, 0.1) is 6.61 Å². The van der Waals surface area contributed by atoms with Crippen molar-refractivity contribution in [1.82, 2.24) is 0 Å². The predicted molar refractivity (Wildman–Crippen MR) is 67.1 cm³/mol. The van der Waals surface area contributed by atoms with Crippen LogP contribution in [0.25, 0.3) is 0 Å². The highest BCUT2D eigenvalue weighted by molar-refractivity contribution is 5.90. The number of hydrogen-bond acceptors (Lipinski definition) is 3. The molecule has 2 N–H and O–H groups in total. The summed E-state index contributed by atoms with van der Waals surface area (Å²) in [6.07, 6.45) is 6.22. The van der Waals surface area contributed by atoms with E-state index in [1.54, 1.807) is 6.07 Å². The molecule has 18 heavy (non-hydrogen) atoms. The Kier molecular flexibility index (Phi) is 4.07. The number of phenols is 1. The van der Waals surface area contributed by atoms with Gasteiger partial charge in [0, 0.05) is 6.07 Å². The van der Waals surface area contributed by atoms with E-state index in [1.807, 2.05) is 0 Å². The average molecular weight is 250 g/mol. The molecular formula is C14H18O4. The van der Waals surface area contributed by atoms with Crippen molar-refractivity contribution in [2.45, 2.75) is 32.1 Å². The van der Waals surface area contributed by atoms with Crippen molar-refractivity contribution in [3.05, 3.63) is 23.8 Å². The fraction of sp³-hybridized carbons (Fsp3) is 0.500. The summed E-state index contributed by atoms with van der Waals surface area (Å²) in [5.41, 5.74) is -0.0972. The van der Waals surface area contributed by atoms with Crippen LogP contribution < -0.4 is 4.74 Å². The number of rotatable bonds is 4. The number of carbonyl (C=O) groups is 1. The maximum atomic E-state index is 10.7. The van der Waals surface area contributed by atoms with Gasteiger partial charge < -0.3 is 14.9 Å². The zero-order valence-electron chi connectivity index (χ0n) is 10.3. The number of benzene rings is 1. The zero-order valence-corrected chi connectivity index (χ0v) is 10.3. The summed E-state index contributed by atoms with van der Waals surface area (Å²) in [5.74, 6) is -0.266. The van der Waals surface area contributed by atoms with Gasteiger partial charge in [-0.2, -0.15) is 0 Å². The molecule has 2 rings (SSSR count). The fourth-order valence-electron chi connectivity index (χ4n) is 2.35. The minimum Gasteiger partial charge on any atom is -0.507 e. The highest BCUT2D eigenvalue weighted by Crippen LogP contribution is 2.27. The van der Waals surface area contributed by atoms with Crippen molar-refractivity contribution in [2.24, 2.45) is 5.92 Å². The van der Waals surface area contributed by atoms with Gasteiger partial charge in [0.2, 0.25) is 0 Å². The van der Waals surface area contributed by atoms with Crippen molar-refractivity contribution in [2.75, 3.05) is 6.61 Å². The molecule has 1 aliphatic rings. The van der Waals surface area contributed by atoms with E-state index in [0.29, 0.717) is 18.3 Å². The summed E-state index contributed by atoms with van der Waals surface area (Å²) >= 11 is 0. The first-order chi connectivity index (χ1) is 8.66. The van der Waals surface area contributed by atoms with E-state index < -0.39 is 5.97 Å². The van der Waals surface area contributed by atoms with Gasteiger partial charge in [0.25, 0.3) is 0 Å². The molecule has 0 saturated heterocycles. The molecule has 0 heterocycles. The standard InChI is InChI=1S/C14H18O4/c15-13-8-11(6-7-12(13)14(16)17)18-9-10-4-2-1-3-5-10/h6-8,10,15H,1-5,9H2,(H,16,17). The van der Waals surface area contributed by atoms with Crippen LogP contribution >= 0.6 is 0 Å². The summed E-state index contributed by atoms with van der Waals surface area (Å²) in [4.78, 5) is 10.7. The summed E-state index contributed by atoms with van der Waals surface area (Å²) in [6, 6.07) is 4.33. The maximum absolute atomic E-state index is 10.7. The van der Waals surface area contributed by atoms with Crippen molar-refractivity contribution in [3.8, 4) is 11.5 Å².